The third-order valence-corrected chi connectivity index (χ3v) is 6.40. The summed E-state index contributed by atoms with van der Waals surface area (Å²) >= 11 is 0. The molecule has 1 aliphatic rings. The van der Waals surface area contributed by atoms with E-state index in [1.165, 1.54) is 6.20 Å². The number of nitrogens with one attached hydrogen (secondary N) is 2. The number of aliphatic hydroxyl groups is 1. The van der Waals surface area contributed by atoms with Gasteiger partial charge in [0.05, 0.1) is 11.0 Å². The van der Waals surface area contributed by atoms with E-state index in [2.05, 4.69) is 30.2 Å². The van der Waals surface area contributed by atoms with Crippen molar-refractivity contribution in [3.63, 3.8) is 0 Å². The highest BCUT2D eigenvalue weighted by Gasteiger charge is 2.56. The minimum Gasteiger partial charge on any atom is -0.383 e. The fourth-order valence-electron chi connectivity index (χ4n) is 4.38. The van der Waals surface area contributed by atoms with Gasteiger partial charge in [-0.25, -0.2) is 19.9 Å². The monoisotopic (exact) mass is 505 g/mol. The van der Waals surface area contributed by atoms with E-state index in [-0.39, 0.29) is 34.6 Å². The van der Waals surface area contributed by atoms with Crippen molar-refractivity contribution in [2.45, 2.75) is 43.5 Å². The maximum Gasteiger partial charge on any atom is 0.453 e. The third kappa shape index (κ3) is 3.70. The SMILES string of the molecule is CC1(c2ccccc2)c2c(N)nc(-c3nc(CCC(F)(F)C(F)(F)F)nc4[nH]ccc34)nc2NC1O. The average molecular weight is 505 g/mol. The van der Waals surface area contributed by atoms with Crippen LogP contribution in [0.15, 0.2) is 42.6 Å². The number of aromatic nitrogens is 5. The van der Waals surface area contributed by atoms with Crippen molar-refractivity contribution < 1.29 is 27.1 Å². The van der Waals surface area contributed by atoms with Gasteiger partial charge in [-0.05, 0) is 18.6 Å². The van der Waals surface area contributed by atoms with Crippen molar-refractivity contribution in [3.05, 3.63) is 59.5 Å². The summed E-state index contributed by atoms with van der Waals surface area (Å²) in [6.45, 7) is 1.79. The Bertz CT molecular complexity index is 1440. The summed E-state index contributed by atoms with van der Waals surface area (Å²) in [6, 6.07) is 10.8. The summed E-state index contributed by atoms with van der Waals surface area (Å²) in [7, 11) is 0. The second kappa shape index (κ2) is 8.08. The van der Waals surface area contributed by atoms with Crippen LogP contribution in [0.3, 0.4) is 0 Å². The number of benzene rings is 1. The zero-order chi connectivity index (χ0) is 25.9. The molecule has 1 aliphatic heterocycles. The smallest absolute Gasteiger partial charge is 0.383 e. The molecule has 0 bridgehead atoms. The van der Waals surface area contributed by atoms with Gasteiger partial charge < -0.3 is 21.1 Å². The number of halogens is 5. The molecule has 2 atom stereocenters. The highest BCUT2D eigenvalue weighted by molar-refractivity contribution is 5.89. The fraction of sp³-hybridized carbons (Fsp3) is 0.304. The van der Waals surface area contributed by atoms with Gasteiger partial charge in [0.2, 0.25) is 0 Å². The Balaban J connectivity index is 1.58. The molecule has 4 aromatic rings. The molecule has 8 nitrogen and oxygen atoms in total. The predicted molar refractivity (Wildman–Crippen MR) is 121 cm³/mol. The van der Waals surface area contributed by atoms with Gasteiger partial charge in [-0.3, -0.25) is 0 Å². The molecule has 3 aromatic heterocycles. The first-order chi connectivity index (χ1) is 16.9. The van der Waals surface area contributed by atoms with E-state index >= 15 is 0 Å². The van der Waals surface area contributed by atoms with E-state index in [4.69, 9.17) is 5.73 Å². The normalized spacial score (nSPS) is 19.9. The molecule has 0 radical (unpaired) electrons. The van der Waals surface area contributed by atoms with Crippen LogP contribution in [0.5, 0.6) is 0 Å². The molecule has 0 fully saturated rings. The van der Waals surface area contributed by atoms with Gasteiger partial charge in [-0.1, -0.05) is 30.3 Å². The lowest BCUT2D eigenvalue weighted by Crippen LogP contribution is -2.37. The topological polar surface area (TPSA) is 126 Å². The Morgan fingerprint density at radius 1 is 1.03 bits per heavy atom. The number of hydrogen-bond acceptors (Lipinski definition) is 7. The van der Waals surface area contributed by atoms with Crippen LogP contribution in [0.4, 0.5) is 33.6 Å². The van der Waals surface area contributed by atoms with Crippen LogP contribution in [-0.2, 0) is 11.8 Å². The van der Waals surface area contributed by atoms with Crippen LogP contribution in [0.2, 0.25) is 0 Å². The first-order valence-corrected chi connectivity index (χ1v) is 10.9. The summed E-state index contributed by atoms with van der Waals surface area (Å²) < 4.78 is 64.8. The van der Waals surface area contributed by atoms with E-state index in [9.17, 15) is 27.1 Å². The molecule has 188 valence electrons. The number of aromatic amines is 1. The molecule has 13 heteroatoms. The molecule has 0 saturated carbocycles. The lowest BCUT2D eigenvalue weighted by molar-refractivity contribution is -0.284. The number of hydrogen-bond donors (Lipinski definition) is 4. The summed E-state index contributed by atoms with van der Waals surface area (Å²) in [4.78, 5) is 19.9. The van der Waals surface area contributed by atoms with Gasteiger partial charge >= 0.3 is 12.1 Å². The number of fused-ring (bicyclic) bond motifs is 2. The van der Waals surface area contributed by atoms with Gasteiger partial charge in [0.1, 0.15) is 35.0 Å². The van der Waals surface area contributed by atoms with E-state index in [0.717, 1.165) is 5.56 Å². The number of nitrogens with zero attached hydrogens (tertiary/aromatic N) is 4. The van der Waals surface area contributed by atoms with Crippen LogP contribution in [-0.4, -0.2) is 48.4 Å². The minimum atomic E-state index is -5.68. The molecule has 5 N–H and O–H groups in total. The highest BCUT2D eigenvalue weighted by Crippen LogP contribution is 2.47. The Hall–Kier alpha value is -3.87. The molecular formula is C23H20F5N7O. The standard InChI is InChI=1S/C23H20F5N7O/c1-21(11-5-3-2-4-6-11)14-16(29)33-19(34-18(14)35-20(21)36)15-12-8-10-30-17(12)32-13(31-15)7-9-22(24,25)23(26,27)28/h2-6,8,10,20,36H,7,9H2,1H3,(H,30,31,32)(H3,29,33,34,35). The zero-order valence-electron chi connectivity index (χ0n) is 18.7. The Morgan fingerprint density at radius 2 is 1.75 bits per heavy atom. The van der Waals surface area contributed by atoms with Gasteiger partial charge in [0, 0.05) is 24.4 Å². The number of aryl methyl sites for hydroxylation is 1. The molecule has 36 heavy (non-hydrogen) atoms. The molecule has 2 unspecified atom stereocenters. The Labute approximate surface area is 200 Å². The number of nitrogens with two attached hydrogens (primary N) is 1. The molecule has 0 aliphatic carbocycles. The first kappa shape index (κ1) is 23.9. The van der Waals surface area contributed by atoms with E-state index in [1.807, 2.05) is 30.3 Å². The molecule has 0 saturated heterocycles. The molecule has 5 rings (SSSR count). The third-order valence-electron chi connectivity index (χ3n) is 6.40. The van der Waals surface area contributed by atoms with Crippen molar-refractivity contribution in [3.8, 4) is 11.5 Å². The maximum atomic E-state index is 13.5. The zero-order valence-corrected chi connectivity index (χ0v) is 18.7. The summed E-state index contributed by atoms with van der Waals surface area (Å²) in [5.41, 5.74) is 6.92. The molecule has 4 heterocycles. The summed E-state index contributed by atoms with van der Waals surface area (Å²) in [6.07, 6.45) is -7.50. The van der Waals surface area contributed by atoms with Crippen molar-refractivity contribution >= 4 is 22.7 Å². The second-order valence-corrected chi connectivity index (χ2v) is 8.70. The predicted octanol–water partition coefficient (Wildman–Crippen LogP) is 4.18. The number of alkyl halides is 5. The molecule has 0 spiro atoms. The number of anilines is 2. The quantitative estimate of drug-likeness (QED) is 0.300. The van der Waals surface area contributed by atoms with Crippen molar-refractivity contribution in [2.24, 2.45) is 0 Å². The fourth-order valence-corrected chi connectivity index (χ4v) is 4.38. The summed E-state index contributed by atoms with van der Waals surface area (Å²) in [5, 5.41) is 14.2. The largest absolute Gasteiger partial charge is 0.453 e. The van der Waals surface area contributed by atoms with Gasteiger partial charge in [-0.15, -0.1) is 0 Å². The Kier molecular flexibility index (Phi) is 5.36. The van der Waals surface area contributed by atoms with Gasteiger partial charge in [0.15, 0.2) is 5.82 Å². The lowest BCUT2D eigenvalue weighted by Gasteiger charge is -2.29. The number of aliphatic hydroxyl groups excluding tert-OH is 1. The minimum absolute atomic E-state index is 0.000840. The average Bonchev–Trinajstić information content (AvgIpc) is 3.40. The van der Waals surface area contributed by atoms with E-state index in [0.29, 0.717) is 10.9 Å². The van der Waals surface area contributed by atoms with E-state index in [1.54, 1.807) is 13.0 Å². The van der Waals surface area contributed by atoms with Gasteiger partial charge in [-0.2, -0.15) is 22.0 Å². The maximum absolute atomic E-state index is 13.5. The van der Waals surface area contributed by atoms with Crippen LogP contribution in [0.25, 0.3) is 22.6 Å². The highest BCUT2D eigenvalue weighted by atomic mass is 19.4. The summed E-state index contributed by atoms with van der Waals surface area (Å²) in [5.74, 6) is -4.83. The van der Waals surface area contributed by atoms with Crippen molar-refractivity contribution in [1.29, 1.82) is 0 Å². The van der Waals surface area contributed by atoms with Crippen LogP contribution in [0, 0.1) is 0 Å². The van der Waals surface area contributed by atoms with Crippen LogP contribution in [0.1, 0.15) is 30.3 Å². The lowest BCUT2D eigenvalue weighted by atomic mass is 9.77. The van der Waals surface area contributed by atoms with Crippen LogP contribution >= 0.6 is 0 Å². The van der Waals surface area contributed by atoms with Gasteiger partial charge in [0.25, 0.3) is 0 Å². The number of nitrogen functional groups attached to an aromatic ring is 1. The molecule has 0 amide bonds. The first-order valence-electron chi connectivity index (χ1n) is 10.9. The second-order valence-electron chi connectivity index (χ2n) is 8.70. The molecule has 1 aromatic carbocycles. The van der Waals surface area contributed by atoms with E-state index < -0.39 is 36.6 Å². The Morgan fingerprint density at radius 3 is 2.44 bits per heavy atom. The van der Waals surface area contributed by atoms with Crippen molar-refractivity contribution in [1.82, 2.24) is 24.9 Å². The van der Waals surface area contributed by atoms with Crippen LogP contribution < -0.4 is 11.1 Å². The number of H-pyrrole nitrogens is 1. The molecular weight excluding hydrogens is 485 g/mol. The van der Waals surface area contributed by atoms with Crippen molar-refractivity contribution in [2.75, 3.05) is 11.1 Å². The number of rotatable bonds is 5.